The molecule has 15 aromatic carbocycles. The zero-order valence-corrected chi connectivity index (χ0v) is 22.3. The third-order valence-electron chi connectivity index (χ3n) is 13.2. The van der Waals surface area contributed by atoms with Crippen LogP contribution in [0.3, 0.4) is 0 Å². The molecule has 0 aromatic heterocycles. The molecule has 0 aliphatic heterocycles. The maximum absolute atomic E-state index is 13.2. The summed E-state index contributed by atoms with van der Waals surface area (Å²) >= 11 is 0. The molecule has 1 N–H and O–H groups in total. The van der Waals surface area contributed by atoms with E-state index in [1.165, 1.54) is 156 Å². The molecule has 15 aromatic rings. The first-order valence-corrected chi connectivity index (χ1v) is 15.4. The summed E-state index contributed by atoms with van der Waals surface area (Å²) in [6, 6.07) is 18.9. The summed E-state index contributed by atoms with van der Waals surface area (Å²) in [5.74, 6) is -1.24. The molecule has 0 saturated carbocycles. The highest BCUT2D eigenvalue weighted by Crippen LogP contribution is 2.68. The van der Waals surface area contributed by atoms with Crippen LogP contribution < -0.4 is 0 Å². The molecule has 16 rings (SSSR count). The Morgan fingerprint density at radius 3 is 1.14 bits per heavy atom. The zero-order chi connectivity index (χ0) is 26.8. The Balaban J connectivity index is 1.52. The summed E-state index contributed by atoms with van der Waals surface area (Å²) in [4.78, 5) is 13.2. The molecule has 0 amide bonds. The first kappa shape index (κ1) is 18.1. The number of rotatable bonds is 1. The van der Waals surface area contributed by atoms with E-state index < -0.39 is 11.9 Å². The number of carboxylic acids is 1. The van der Waals surface area contributed by atoms with E-state index in [4.69, 9.17) is 0 Å². The Labute approximate surface area is 238 Å². The van der Waals surface area contributed by atoms with E-state index >= 15 is 0 Å². The number of hydrogen-bond acceptors (Lipinski definition) is 1. The molecule has 1 aliphatic carbocycles. The second kappa shape index (κ2) is 4.66. The Kier molecular flexibility index (Phi) is 1.96. The number of carboxylic acid groups (broad SMARTS) is 1. The lowest BCUT2D eigenvalue weighted by molar-refractivity contribution is -0.138. The van der Waals surface area contributed by atoms with E-state index in [1.54, 1.807) is 0 Å². The summed E-state index contributed by atoms with van der Waals surface area (Å²) in [6.07, 6.45) is 0.563. The monoisotopic (exact) mass is 536 g/mol. The SMILES string of the molecule is O=C(O)C1Cc2c3ccc4c5ccc6c7ccc8c9ccc%10c1c1c2c2c3c4c3c5c6c4c7c8c5c9c%10c1c1c2c3c4c51. The molecular formula is C41H12O2. The number of benzene rings is 9. The predicted molar refractivity (Wildman–Crippen MR) is 180 cm³/mol. The third kappa shape index (κ3) is 1.25. The minimum absolute atomic E-state index is 0.537. The lowest BCUT2D eigenvalue weighted by Gasteiger charge is -2.20. The predicted octanol–water partition coefficient (Wildman–Crippen LogP) is 10.8. The van der Waals surface area contributed by atoms with Gasteiger partial charge in [-0.25, -0.2) is 0 Å². The van der Waals surface area contributed by atoms with Crippen LogP contribution in [-0.4, -0.2) is 11.1 Å². The van der Waals surface area contributed by atoms with Crippen molar-refractivity contribution in [1.29, 1.82) is 0 Å². The van der Waals surface area contributed by atoms with Gasteiger partial charge in [0.1, 0.15) is 0 Å². The van der Waals surface area contributed by atoms with Crippen molar-refractivity contribution in [2.75, 3.05) is 0 Å². The highest BCUT2D eigenvalue weighted by molar-refractivity contribution is 6.69. The van der Waals surface area contributed by atoms with E-state index in [0.29, 0.717) is 6.42 Å². The fourth-order valence-corrected chi connectivity index (χ4v) is 12.2. The van der Waals surface area contributed by atoms with Crippen molar-refractivity contribution in [3.8, 4) is 0 Å². The minimum atomic E-state index is -0.700. The van der Waals surface area contributed by atoms with Gasteiger partial charge in [0.25, 0.3) is 0 Å². The van der Waals surface area contributed by atoms with Gasteiger partial charge in [0.15, 0.2) is 0 Å². The van der Waals surface area contributed by atoms with Crippen LogP contribution in [0.25, 0.3) is 151 Å². The second-order valence-electron chi connectivity index (χ2n) is 14.1. The van der Waals surface area contributed by atoms with Gasteiger partial charge in [0, 0.05) is 0 Å². The molecule has 0 bridgehead atoms. The van der Waals surface area contributed by atoms with Crippen LogP contribution in [0.5, 0.6) is 0 Å². The van der Waals surface area contributed by atoms with Gasteiger partial charge >= 0.3 is 5.97 Å². The quantitative estimate of drug-likeness (QED) is 0.212. The number of carbonyl (C=O) groups is 1. The first-order valence-electron chi connectivity index (χ1n) is 15.4. The van der Waals surface area contributed by atoms with Gasteiger partial charge in [0.05, 0.1) is 5.92 Å². The van der Waals surface area contributed by atoms with Crippen molar-refractivity contribution in [2.45, 2.75) is 12.3 Å². The topological polar surface area (TPSA) is 37.3 Å². The Bertz CT molecular complexity index is 3710. The van der Waals surface area contributed by atoms with Gasteiger partial charge in [0.2, 0.25) is 0 Å². The van der Waals surface area contributed by atoms with Crippen molar-refractivity contribution < 1.29 is 9.90 Å². The highest BCUT2D eigenvalue weighted by Gasteiger charge is 2.42. The Hall–Kier alpha value is -5.47. The molecule has 0 saturated heterocycles. The van der Waals surface area contributed by atoms with Gasteiger partial charge in [-0.3, -0.25) is 4.79 Å². The van der Waals surface area contributed by atoms with Crippen LogP contribution >= 0.6 is 0 Å². The number of aliphatic carboxylic acids is 1. The Morgan fingerprint density at radius 1 is 0.395 bits per heavy atom. The van der Waals surface area contributed by atoms with Crippen LogP contribution in [0, 0.1) is 0 Å². The summed E-state index contributed by atoms with van der Waals surface area (Å²) in [5.41, 5.74) is 2.34. The highest BCUT2D eigenvalue weighted by atomic mass is 16.4. The zero-order valence-electron chi connectivity index (χ0n) is 22.3. The molecule has 0 heterocycles. The molecule has 2 heteroatoms. The van der Waals surface area contributed by atoms with Crippen LogP contribution in [-0.2, 0) is 11.2 Å². The fraction of sp³-hybridized carbons (Fsp3) is 0.0488. The smallest absolute Gasteiger partial charge is 0.311 e. The van der Waals surface area contributed by atoms with Crippen molar-refractivity contribution in [3.05, 3.63) is 59.7 Å². The van der Waals surface area contributed by atoms with Crippen LogP contribution in [0.1, 0.15) is 17.0 Å². The third-order valence-corrected chi connectivity index (χ3v) is 13.2. The summed E-state index contributed by atoms with van der Waals surface area (Å²) in [5, 5.41) is 49.8. The van der Waals surface area contributed by atoms with Gasteiger partial charge in [-0.2, -0.15) is 0 Å². The molecule has 43 heavy (non-hydrogen) atoms. The summed E-state index contributed by atoms with van der Waals surface area (Å²) < 4.78 is 0. The molecule has 2 nitrogen and oxygen atoms in total. The molecular weight excluding hydrogens is 524 g/mol. The molecule has 188 valence electrons. The van der Waals surface area contributed by atoms with Crippen molar-refractivity contribution >= 4 is 157 Å². The maximum atomic E-state index is 13.2. The van der Waals surface area contributed by atoms with Gasteiger partial charge in [-0.15, -0.1) is 0 Å². The maximum Gasteiger partial charge on any atom is 0.311 e. The van der Waals surface area contributed by atoms with Gasteiger partial charge in [-0.05, 0) is 168 Å². The molecule has 0 fully saturated rings. The van der Waals surface area contributed by atoms with E-state index in [-0.39, 0.29) is 0 Å². The normalized spacial score (nSPS) is 17.6. The lowest BCUT2D eigenvalue weighted by Crippen LogP contribution is -2.16. The Morgan fingerprint density at radius 2 is 0.698 bits per heavy atom. The van der Waals surface area contributed by atoms with E-state index in [0.717, 1.165) is 5.56 Å². The largest absolute Gasteiger partial charge is 0.481 e. The summed E-state index contributed by atoms with van der Waals surface area (Å²) in [7, 11) is 0. The van der Waals surface area contributed by atoms with Gasteiger partial charge in [-0.1, -0.05) is 48.5 Å². The van der Waals surface area contributed by atoms with E-state index in [1.807, 2.05) is 0 Å². The van der Waals surface area contributed by atoms with Crippen molar-refractivity contribution in [2.24, 2.45) is 0 Å². The molecule has 0 radical (unpaired) electrons. The molecule has 1 aliphatic rings. The van der Waals surface area contributed by atoms with Crippen LogP contribution in [0.2, 0.25) is 0 Å². The average Bonchev–Trinajstić information content (AvgIpc) is 3.83. The van der Waals surface area contributed by atoms with Crippen LogP contribution in [0.4, 0.5) is 0 Å². The standard InChI is InChI=1S/C41H12O2/c42-41(43)19-9-18-16-6-5-14-12-2-1-10-11-3-4-13-15-7-8-17-20(19)30-29(18)34-27(16)25(14)32-22(12)21(10)31-23(11)24(13)33-26(15)28(17)35(30)40-38(33)36(31)37(32)39(34)40/h1-8,19H,9H2,(H,42,43). The van der Waals surface area contributed by atoms with Crippen LogP contribution in [0.15, 0.2) is 48.5 Å². The van der Waals surface area contributed by atoms with Crippen molar-refractivity contribution in [1.82, 2.24) is 0 Å². The molecule has 0 spiro atoms. The van der Waals surface area contributed by atoms with Crippen molar-refractivity contribution in [3.63, 3.8) is 0 Å². The molecule has 1 unspecified atom stereocenters. The summed E-state index contributed by atoms with van der Waals surface area (Å²) in [6.45, 7) is 0. The van der Waals surface area contributed by atoms with E-state index in [9.17, 15) is 9.90 Å². The van der Waals surface area contributed by atoms with E-state index in [2.05, 4.69) is 48.5 Å². The number of hydrogen-bond donors (Lipinski definition) is 1. The lowest BCUT2D eigenvalue weighted by atomic mass is 9.82. The van der Waals surface area contributed by atoms with Gasteiger partial charge < -0.3 is 5.11 Å². The average molecular weight is 537 g/mol. The number of fused-ring (bicyclic) bond motifs is 5. The molecule has 1 atom stereocenters. The minimum Gasteiger partial charge on any atom is -0.481 e. The second-order valence-corrected chi connectivity index (χ2v) is 14.1. The first-order chi connectivity index (χ1) is 21.2. The fourth-order valence-electron chi connectivity index (χ4n) is 12.2.